The van der Waals surface area contributed by atoms with Gasteiger partial charge in [-0.25, -0.2) is 0 Å². The summed E-state index contributed by atoms with van der Waals surface area (Å²) in [5.74, 6) is -0.256. The summed E-state index contributed by atoms with van der Waals surface area (Å²) in [5, 5.41) is 5.70. The molecule has 0 fully saturated rings. The molecule has 2 aromatic rings. The average Bonchev–Trinajstić information content (AvgIpc) is 2.63. The third-order valence-corrected chi connectivity index (χ3v) is 2.71. The Morgan fingerprint density at radius 2 is 2.24 bits per heavy atom. The number of nitrogens with zero attached hydrogens (tertiary/aromatic N) is 2. The van der Waals surface area contributed by atoms with Crippen molar-refractivity contribution in [3.63, 3.8) is 0 Å². The maximum absolute atomic E-state index is 10.6. The lowest BCUT2D eigenvalue weighted by atomic mass is 10.2. The van der Waals surface area contributed by atoms with Crippen LogP contribution in [-0.2, 0) is 16.1 Å². The van der Waals surface area contributed by atoms with Crippen molar-refractivity contribution in [2.45, 2.75) is 19.9 Å². The monoisotopic (exact) mass is 252 g/mol. The van der Waals surface area contributed by atoms with Crippen molar-refractivity contribution < 1.29 is 9.53 Å². The second kappa shape index (κ2) is 5.19. The van der Waals surface area contributed by atoms with Gasteiger partial charge < -0.3 is 4.74 Å². The Hall–Kier alpha value is -1.55. The predicted molar refractivity (Wildman–Crippen MR) is 66.0 cm³/mol. The van der Waals surface area contributed by atoms with Crippen LogP contribution < -0.4 is 0 Å². The fourth-order valence-electron chi connectivity index (χ4n) is 1.69. The van der Waals surface area contributed by atoms with Crippen molar-refractivity contribution in [1.29, 1.82) is 0 Å². The molecular weight excluding hydrogens is 240 g/mol. The Kier molecular flexibility index (Phi) is 3.64. The molecule has 1 heterocycles. The smallest absolute Gasteiger partial charge is 0.302 e. The van der Waals surface area contributed by atoms with Crippen molar-refractivity contribution in [2.24, 2.45) is 0 Å². The Bertz CT molecular complexity index is 536. The maximum atomic E-state index is 10.6. The first kappa shape index (κ1) is 11.9. The maximum Gasteiger partial charge on any atom is 0.302 e. The van der Waals surface area contributed by atoms with Gasteiger partial charge in [0.1, 0.15) is 0 Å². The van der Waals surface area contributed by atoms with Crippen LogP contribution in [0.4, 0.5) is 0 Å². The number of carbonyl (C=O) groups is 1. The molecule has 0 amide bonds. The third kappa shape index (κ3) is 2.77. The first-order chi connectivity index (χ1) is 8.18. The molecular formula is C12H13ClN2O2. The second-order valence-electron chi connectivity index (χ2n) is 3.72. The highest BCUT2D eigenvalue weighted by molar-refractivity contribution is 6.34. The van der Waals surface area contributed by atoms with Gasteiger partial charge in [-0.1, -0.05) is 23.7 Å². The van der Waals surface area contributed by atoms with Crippen molar-refractivity contribution in [3.05, 3.63) is 29.4 Å². The molecule has 0 saturated carbocycles. The summed E-state index contributed by atoms with van der Waals surface area (Å²) in [4.78, 5) is 10.6. The molecule has 0 atom stereocenters. The lowest BCUT2D eigenvalue weighted by Crippen LogP contribution is -2.06. The van der Waals surface area contributed by atoms with E-state index in [0.717, 1.165) is 17.3 Å². The first-order valence-corrected chi connectivity index (χ1v) is 5.80. The number of aryl methyl sites for hydroxylation is 1. The van der Waals surface area contributed by atoms with Crippen LogP contribution in [0.2, 0.25) is 5.15 Å². The number of benzene rings is 1. The van der Waals surface area contributed by atoms with Gasteiger partial charge in [0.25, 0.3) is 0 Å². The van der Waals surface area contributed by atoms with Crippen LogP contribution in [0, 0.1) is 0 Å². The SMILES string of the molecule is CC(=O)OCCCn1nc(Cl)c2ccccc21. The summed E-state index contributed by atoms with van der Waals surface area (Å²) in [6.45, 7) is 2.49. The lowest BCUT2D eigenvalue weighted by Gasteiger charge is -2.03. The van der Waals surface area contributed by atoms with E-state index in [1.165, 1.54) is 6.92 Å². The number of rotatable bonds is 4. The molecule has 1 aromatic carbocycles. The summed E-state index contributed by atoms with van der Waals surface area (Å²) in [6.07, 6.45) is 0.724. The molecule has 90 valence electrons. The number of fused-ring (bicyclic) bond motifs is 1. The van der Waals surface area contributed by atoms with Gasteiger partial charge in [0.05, 0.1) is 12.1 Å². The van der Waals surface area contributed by atoms with Gasteiger partial charge in [-0.15, -0.1) is 0 Å². The van der Waals surface area contributed by atoms with Gasteiger partial charge in [-0.3, -0.25) is 9.48 Å². The van der Waals surface area contributed by atoms with E-state index in [1.54, 1.807) is 0 Å². The highest BCUT2D eigenvalue weighted by Crippen LogP contribution is 2.22. The largest absolute Gasteiger partial charge is 0.466 e. The highest BCUT2D eigenvalue weighted by Gasteiger charge is 2.07. The van der Waals surface area contributed by atoms with Crippen LogP contribution in [0.15, 0.2) is 24.3 Å². The molecule has 0 unspecified atom stereocenters. The van der Waals surface area contributed by atoms with Crippen LogP contribution in [-0.4, -0.2) is 22.4 Å². The quantitative estimate of drug-likeness (QED) is 0.621. The average molecular weight is 253 g/mol. The van der Waals surface area contributed by atoms with E-state index in [4.69, 9.17) is 16.3 Å². The molecule has 5 heteroatoms. The molecule has 1 aromatic heterocycles. The lowest BCUT2D eigenvalue weighted by molar-refractivity contribution is -0.141. The first-order valence-electron chi connectivity index (χ1n) is 5.43. The van der Waals surface area contributed by atoms with E-state index in [2.05, 4.69) is 5.10 Å². The fraction of sp³-hybridized carbons (Fsp3) is 0.333. The van der Waals surface area contributed by atoms with E-state index in [1.807, 2.05) is 28.9 Å². The fourth-order valence-corrected chi connectivity index (χ4v) is 1.94. The minimum atomic E-state index is -0.256. The number of carbonyl (C=O) groups excluding carboxylic acids is 1. The second-order valence-corrected chi connectivity index (χ2v) is 4.08. The van der Waals surface area contributed by atoms with Gasteiger partial charge >= 0.3 is 5.97 Å². The molecule has 0 N–H and O–H groups in total. The molecule has 4 nitrogen and oxygen atoms in total. The Labute approximate surface area is 104 Å². The van der Waals surface area contributed by atoms with Gasteiger partial charge in [0, 0.05) is 25.3 Å². The highest BCUT2D eigenvalue weighted by atomic mass is 35.5. The molecule has 0 spiro atoms. The van der Waals surface area contributed by atoms with Crippen LogP contribution in [0.25, 0.3) is 10.9 Å². The predicted octanol–water partition coefficient (Wildman–Crippen LogP) is 2.64. The van der Waals surface area contributed by atoms with Gasteiger partial charge in [-0.2, -0.15) is 5.10 Å². The van der Waals surface area contributed by atoms with Gasteiger partial charge in [0.2, 0.25) is 0 Å². The third-order valence-electron chi connectivity index (χ3n) is 2.43. The zero-order valence-corrected chi connectivity index (χ0v) is 10.3. The molecule has 0 bridgehead atoms. The van der Waals surface area contributed by atoms with Gasteiger partial charge in [-0.05, 0) is 12.1 Å². The van der Waals surface area contributed by atoms with E-state index in [-0.39, 0.29) is 5.97 Å². The summed E-state index contributed by atoms with van der Waals surface area (Å²) in [7, 11) is 0. The van der Waals surface area contributed by atoms with E-state index >= 15 is 0 Å². The van der Waals surface area contributed by atoms with E-state index in [0.29, 0.717) is 18.3 Å². The standard InChI is InChI=1S/C12H13ClN2O2/c1-9(16)17-8-4-7-15-11-6-3-2-5-10(11)12(13)14-15/h2-3,5-6H,4,7-8H2,1H3. The van der Waals surface area contributed by atoms with E-state index in [9.17, 15) is 4.79 Å². The van der Waals surface area contributed by atoms with Crippen molar-refractivity contribution >= 4 is 28.5 Å². The molecule has 0 aliphatic carbocycles. The van der Waals surface area contributed by atoms with Crippen LogP contribution in [0.1, 0.15) is 13.3 Å². The molecule has 0 aliphatic rings. The Morgan fingerprint density at radius 1 is 1.47 bits per heavy atom. The molecule has 17 heavy (non-hydrogen) atoms. The molecule has 0 saturated heterocycles. The summed E-state index contributed by atoms with van der Waals surface area (Å²) in [6, 6.07) is 7.79. The van der Waals surface area contributed by atoms with Crippen LogP contribution in [0.5, 0.6) is 0 Å². The minimum Gasteiger partial charge on any atom is -0.466 e. The van der Waals surface area contributed by atoms with Crippen LogP contribution >= 0.6 is 11.6 Å². The molecule has 2 rings (SSSR count). The number of aromatic nitrogens is 2. The minimum absolute atomic E-state index is 0.256. The number of ether oxygens (including phenoxy) is 1. The summed E-state index contributed by atoms with van der Waals surface area (Å²) >= 11 is 6.02. The number of halogens is 1. The van der Waals surface area contributed by atoms with Crippen molar-refractivity contribution in [3.8, 4) is 0 Å². The van der Waals surface area contributed by atoms with Crippen LogP contribution in [0.3, 0.4) is 0 Å². The number of esters is 1. The normalized spacial score (nSPS) is 10.7. The topological polar surface area (TPSA) is 44.1 Å². The molecule has 0 aliphatic heterocycles. The molecule has 0 radical (unpaired) electrons. The van der Waals surface area contributed by atoms with E-state index < -0.39 is 0 Å². The number of para-hydroxylation sites is 1. The van der Waals surface area contributed by atoms with Gasteiger partial charge in [0.15, 0.2) is 5.15 Å². The summed E-state index contributed by atoms with van der Waals surface area (Å²) < 4.78 is 6.70. The zero-order chi connectivity index (χ0) is 12.3. The zero-order valence-electron chi connectivity index (χ0n) is 9.52. The summed E-state index contributed by atoms with van der Waals surface area (Å²) in [5.41, 5.74) is 1.00. The Morgan fingerprint density at radius 3 is 3.00 bits per heavy atom. The number of hydrogen-bond donors (Lipinski definition) is 0. The van der Waals surface area contributed by atoms with Crippen molar-refractivity contribution in [2.75, 3.05) is 6.61 Å². The van der Waals surface area contributed by atoms with Crippen molar-refractivity contribution in [1.82, 2.24) is 9.78 Å². The number of hydrogen-bond acceptors (Lipinski definition) is 3. The Balaban J connectivity index is 2.06.